The van der Waals surface area contributed by atoms with E-state index in [4.69, 9.17) is 4.74 Å². The maximum Gasteiger partial charge on any atom is 0.227 e. The number of rotatable bonds is 5. The first-order chi connectivity index (χ1) is 13.7. The van der Waals surface area contributed by atoms with Crippen molar-refractivity contribution in [2.75, 3.05) is 52.5 Å². The van der Waals surface area contributed by atoms with Crippen LogP contribution in [0.25, 0.3) is 0 Å². The van der Waals surface area contributed by atoms with Crippen molar-refractivity contribution in [3.8, 4) is 0 Å². The highest BCUT2D eigenvalue weighted by molar-refractivity contribution is 5.79. The molecule has 4 rings (SSSR count). The Hall–Kier alpha value is -1.44. The van der Waals surface area contributed by atoms with E-state index in [9.17, 15) is 4.79 Å². The molecule has 4 heterocycles. The van der Waals surface area contributed by atoms with E-state index in [1.807, 2.05) is 15.8 Å². The second kappa shape index (κ2) is 9.37. The summed E-state index contributed by atoms with van der Waals surface area (Å²) in [5.74, 6) is 0.545. The monoisotopic (exact) mass is 389 g/mol. The van der Waals surface area contributed by atoms with Crippen LogP contribution in [0.15, 0.2) is 12.4 Å². The van der Waals surface area contributed by atoms with Crippen LogP contribution < -0.4 is 0 Å². The molecule has 0 aromatic carbocycles. The van der Waals surface area contributed by atoms with Gasteiger partial charge in [0.1, 0.15) is 0 Å². The predicted octanol–water partition coefficient (Wildman–Crippen LogP) is 1.44. The number of amides is 1. The van der Waals surface area contributed by atoms with Gasteiger partial charge >= 0.3 is 0 Å². The molecule has 7 nitrogen and oxygen atoms in total. The number of carbonyl (C=O) groups excluding carboxylic acids is 1. The van der Waals surface area contributed by atoms with Gasteiger partial charge < -0.3 is 9.64 Å². The number of hydrogen-bond acceptors (Lipinski definition) is 5. The molecule has 0 spiro atoms. The normalized spacial score (nSPS) is 25.9. The van der Waals surface area contributed by atoms with Gasteiger partial charge in [0.2, 0.25) is 5.91 Å². The Kier molecular flexibility index (Phi) is 6.65. The molecule has 0 bridgehead atoms. The number of likely N-dealkylation sites (tertiary alicyclic amines) is 2. The zero-order valence-corrected chi connectivity index (χ0v) is 17.3. The molecule has 3 saturated heterocycles. The summed E-state index contributed by atoms with van der Waals surface area (Å²) in [7, 11) is 0. The standard InChI is InChI=1S/C21H35N5O2/c1-2-26-16-18(14-22-26)15-23-8-5-20(6-9-23)25-7-3-4-19(17-25)21(27)24-10-12-28-13-11-24/h14,16,19-20H,2-13,15,17H2,1H3/t19-/m0/s1. The average Bonchev–Trinajstić information content (AvgIpc) is 3.22. The molecule has 3 aliphatic rings. The summed E-state index contributed by atoms with van der Waals surface area (Å²) in [6, 6.07) is 0.634. The molecule has 1 atom stereocenters. The minimum Gasteiger partial charge on any atom is -0.378 e. The summed E-state index contributed by atoms with van der Waals surface area (Å²) in [6.07, 6.45) is 8.78. The van der Waals surface area contributed by atoms with Gasteiger partial charge in [0.15, 0.2) is 0 Å². The minimum absolute atomic E-state index is 0.185. The molecule has 0 N–H and O–H groups in total. The first kappa shape index (κ1) is 19.9. The van der Waals surface area contributed by atoms with Crippen LogP contribution in [-0.4, -0.2) is 88.9 Å². The fraction of sp³-hybridized carbons (Fsp3) is 0.810. The fourth-order valence-electron chi connectivity index (χ4n) is 4.94. The minimum atomic E-state index is 0.185. The van der Waals surface area contributed by atoms with Crippen LogP contribution in [0.2, 0.25) is 0 Å². The maximum atomic E-state index is 12.9. The third-order valence-corrected chi connectivity index (χ3v) is 6.62. The van der Waals surface area contributed by atoms with Crippen LogP contribution in [0.5, 0.6) is 0 Å². The van der Waals surface area contributed by atoms with Crippen molar-refractivity contribution in [1.82, 2.24) is 24.5 Å². The van der Waals surface area contributed by atoms with Gasteiger partial charge in [-0.05, 0) is 52.2 Å². The van der Waals surface area contributed by atoms with E-state index < -0.39 is 0 Å². The Balaban J connectivity index is 1.25. The van der Waals surface area contributed by atoms with E-state index in [1.165, 1.54) is 18.4 Å². The largest absolute Gasteiger partial charge is 0.378 e. The van der Waals surface area contributed by atoms with E-state index in [2.05, 4.69) is 28.0 Å². The number of nitrogens with zero attached hydrogens (tertiary/aromatic N) is 5. The number of piperidine rings is 2. The Morgan fingerprint density at radius 2 is 1.93 bits per heavy atom. The second-order valence-corrected chi connectivity index (χ2v) is 8.48. The van der Waals surface area contributed by atoms with Crippen molar-refractivity contribution in [3.05, 3.63) is 18.0 Å². The highest BCUT2D eigenvalue weighted by Crippen LogP contribution is 2.26. The second-order valence-electron chi connectivity index (χ2n) is 8.48. The number of hydrogen-bond donors (Lipinski definition) is 0. The van der Waals surface area contributed by atoms with Crippen LogP contribution in [0.1, 0.15) is 38.2 Å². The van der Waals surface area contributed by atoms with E-state index in [-0.39, 0.29) is 5.92 Å². The highest BCUT2D eigenvalue weighted by Gasteiger charge is 2.33. The van der Waals surface area contributed by atoms with Crippen molar-refractivity contribution in [1.29, 1.82) is 0 Å². The lowest BCUT2D eigenvalue weighted by Crippen LogP contribution is -2.52. The first-order valence-electron chi connectivity index (χ1n) is 11.1. The third kappa shape index (κ3) is 4.75. The molecule has 3 fully saturated rings. The molecule has 3 aliphatic heterocycles. The Bertz CT molecular complexity index is 634. The lowest BCUT2D eigenvalue weighted by molar-refractivity contribution is -0.142. The SMILES string of the molecule is CCn1cc(CN2CCC(N3CCC[C@H](C(=O)N4CCOCC4)C3)CC2)cn1. The van der Waals surface area contributed by atoms with Gasteiger partial charge in [0.05, 0.1) is 25.3 Å². The Morgan fingerprint density at radius 3 is 2.64 bits per heavy atom. The van der Waals surface area contributed by atoms with Gasteiger partial charge in [0.25, 0.3) is 0 Å². The number of morpholine rings is 1. The molecule has 156 valence electrons. The zero-order valence-electron chi connectivity index (χ0n) is 17.3. The lowest BCUT2D eigenvalue weighted by Gasteiger charge is -2.43. The summed E-state index contributed by atoms with van der Waals surface area (Å²) in [4.78, 5) is 20.1. The van der Waals surface area contributed by atoms with Gasteiger partial charge in [-0.25, -0.2) is 0 Å². The van der Waals surface area contributed by atoms with E-state index in [0.717, 1.165) is 65.2 Å². The van der Waals surface area contributed by atoms with Gasteiger partial charge in [-0.3, -0.25) is 19.3 Å². The van der Waals surface area contributed by atoms with Gasteiger partial charge in [-0.1, -0.05) is 0 Å². The number of aromatic nitrogens is 2. The average molecular weight is 390 g/mol. The van der Waals surface area contributed by atoms with Crippen molar-refractivity contribution >= 4 is 5.91 Å². The van der Waals surface area contributed by atoms with Crippen molar-refractivity contribution in [2.45, 2.75) is 51.7 Å². The molecule has 1 aromatic heterocycles. The molecule has 1 aromatic rings. The molecular formula is C21H35N5O2. The smallest absolute Gasteiger partial charge is 0.227 e. The number of carbonyl (C=O) groups is 1. The molecule has 1 amide bonds. The molecule has 7 heteroatoms. The summed E-state index contributed by atoms with van der Waals surface area (Å²) >= 11 is 0. The van der Waals surface area contributed by atoms with E-state index in [1.54, 1.807) is 0 Å². The number of aryl methyl sites for hydroxylation is 1. The van der Waals surface area contributed by atoms with Gasteiger partial charge in [0, 0.05) is 50.5 Å². The van der Waals surface area contributed by atoms with Crippen molar-refractivity contribution in [2.24, 2.45) is 5.92 Å². The van der Waals surface area contributed by atoms with E-state index in [0.29, 0.717) is 25.2 Å². The van der Waals surface area contributed by atoms with Crippen LogP contribution in [0, 0.1) is 5.92 Å². The van der Waals surface area contributed by atoms with Crippen LogP contribution in [0.4, 0.5) is 0 Å². The summed E-state index contributed by atoms with van der Waals surface area (Å²) in [5.41, 5.74) is 1.31. The van der Waals surface area contributed by atoms with Gasteiger partial charge in [-0.15, -0.1) is 0 Å². The summed E-state index contributed by atoms with van der Waals surface area (Å²) in [5, 5.41) is 4.39. The maximum absolute atomic E-state index is 12.9. The Morgan fingerprint density at radius 1 is 1.14 bits per heavy atom. The van der Waals surface area contributed by atoms with E-state index >= 15 is 0 Å². The molecule has 0 radical (unpaired) electrons. The third-order valence-electron chi connectivity index (χ3n) is 6.62. The van der Waals surface area contributed by atoms with Crippen LogP contribution >= 0.6 is 0 Å². The fourth-order valence-corrected chi connectivity index (χ4v) is 4.94. The zero-order chi connectivity index (χ0) is 19.3. The van der Waals surface area contributed by atoms with Crippen LogP contribution in [-0.2, 0) is 22.6 Å². The molecular weight excluding hydrogens is 354 g/mol. The molecule has 0 saturated carbocycles. The summed E-state index contributed by atoms with van der Waals surface area (Å²) in [6.45, 7) is 11.4. The molecule has 0 unspecified atom stereocenters. The lowest BCUT2D eigenvalue weighted by atomic mass is 9.92. The van der Waals surface area contributed by atoms with Crippen molar-refractivity contribution in [3.63, 3.8) is 0 Å². The van der Waals surface area contributed by atoms with Crippen LogP contribution in [0.3, 0.4) is 0 Å². The predicted molar refractivity (Wildman–Crippen MR) is 108 cm³/mol. The van der Waals surface area contributed by atoms with Gasteiger partial charge in [-0.2, -0.15) is 5.10 Å². The van der Waals surface area contributed by atoms with Crippen molar-refractivity contribution < 1.29 is 9.53 Å². The quantitative estimate of drug-likeness (QED) is 0.763. The Labute approximate surface area is 168 Å². The first-order valence-corrected chi connectivity index (χ1v) is 11.1. The topological polar surface area (TPSA) is 53.8 Å². The number of ether oxygens (including phenoxy) is 1. The highest BCUT2D eigenvalue weighted by atomic mass is 16.5. The molecule has 0 aliphatic carbocycles. The summed E-state index contributed by atoms with van der Waals surface area (Å²) < 4.78 is 7.40. The molecule has 28 heavy (non-hydrogen) atoms.